The molecule has 0 spiro atoms. The maximum Gasteiger partial charge on any atom is 0.256 e. The summed E-state index contributed by atoms with van der Waals surface area (Å²) < 4.78 is 12.2. The zero-order valence-corrected chi connectivity index (χ0v) is 14.6. The standard InChI is InChI=1S/C18H18BrNO3/c1-3-22-17-9-12-8-11(2)23-16(12)10-15(17)20-18(21)13-6-4-5-7-14(13)19/h4-7,9-11H,3,8H2,1-2H3,(H,20,21)/t11-/m0/s1. The lowest BCUT2D eigenvalue weighted by molar-refractivity contribution is 0.102. The number of fused-ring (bicyclic) bond motifs is 1. The Kier molecular flexibility index (Phi) is 4.57. The van der Waals surface area contributed by atoms with Crippen LogP contribution >= 0.6 is 15.9 Å². The van der Waals surface area contributed by atoms with Crippen molar-refractivity contribution in [3.63, 3.8) is 0 Å². The van der Waals surface area contributed by atoms with Crippen molar-refractivity contribution in [3.05, 3.63) is 52.0 Å². The molecule has 23 heavy (non-hydrogen) atoms. The molecular formula is C18H18BrNO3. The zero-order valence-electron chi connectivity index (χ0n) is 13.1. The highest BCUT2D eigenvalue weighted by Crippen LogP contribution is 2.38. The van der Waals surface area contributed by atoms with Crippen molar-refractivity contribution in [1.29, 1.82) is 0 Å². The second kappa shape index (κ2) is 6.62. The van der Waals surface area contributed by atoms with Crippen LogP contribution in [0.25, 0.3) is 0 Å². The topological polar surface area (TPSA) is 47.6 Å². The van der Waals surface area contributed by atoms with Gasteiger partial charge in [0, 0.05) is 22.5 Å². The molecule has 3 rings (SSSR count). The van der Waals surface area contributed by atoms with Crippen molar-refractivity contribution in [3.8, 4) is 11.5 Å². The van der Waals surface area contributed by atoms with Crippen LogP contribution in [0.3, 0.4) is 0 Å². The summed E-state index contributed by atoms with van der Waals surface area (Å²) in [7, 11) is 0. The van der Waals surface area contributed by atoms with E-state index in [1.165, 1.54) is 0 Å². The van der Waals surface area contributed by atoms with Crippen LogP contribution in [0.5, 0.6) is 11.5 Å². The molecule has 0 radical (unpaired) electrons. The van der Waals surface area contributed by atoms with E-state index in [4.69, 9.17) is 9.47 Å². The molecule has 1 heterocycles. The fraction of sp³-hybridized carbons (Fsp3) is 0.278. The van der Waals surface area contributed by atoms with Crippen LogP contribution in [0.1, 0.15) is 29.8 Å². The van der Waals surface area contributed by atoms with Gasteiger partial charge >= 0.3 is 0 Å². The van der Waals surface area contributed by atoms with E-state index >= 15 is 0 Å². The van der Waals surface area contributed by atoms with Gasteiger partial charge in [0.2, 0.25) is 0 Å². The molecule has 120 valence electrons. The summed E-state index contributed by atoms with van der Waals surface area (Å²) in [5.74, 6) is 1.29. The third kappa shape index (κ3) is 3.34. The van der Waals surface area contributed by atoms with Gasteiger partial charge in [-0.05, 0) is 48.0 Å². The average Bonchev–Trinajstić information content (AvgIpc) is 2.87. The summed E-state index contributed by atoms with van der Waals surface area (Å²) in [6, 6.07) is 11.1. The Balaban J connectivity index is 1.91. The van der Waals surface area contributed by atoms with Gasteiger partial charge < -0.3 is 14.8 Å². The largest absolute Gasteiger partial charge is 0.492 e. The minimum atomic E-state index is -0.190. The molecule has 1 atom stereocenters. The van der Waals surface area contributed by atoms with Crippen molar-refractivity contribution >= 4 is 27.5 Å². The monoisotopic (exact) mass is 375 g/mol. The summed E-state index contributed by atoms with van der Waals surface area (Å²) in [6.07, 6.45) is 1.00. The minimum Gasteiger partial charge on any atom is -0.492 e. The summed E-state index contributed by atoms with van der Waals surface area (Å²) in [4.78, 5) is 12.5. The summed E-state index contributed by atoms with van der Waals surface area (Å²) in [6.45, 7) is 4.48. The number of benzene rings is 2. The van der Waals surface area contributed by atoms with Crippen molar-refractivity contribution in [2.45, 2.75) is 26.4 Å². The molecule has 0 bridgehead atoms. The number of hydrogen-bond donors (Lipinski definition) is 1. The SMILES string of the molecule is CCOc1cc2c(cc1NC(=O)c1ccccc1Br)O[C@@H](C)C2. The first kappa shape index (κ1) is 15.9. The molecule has 2 aromatic rings. The molecule has 4 nitrogen and oxygen atoms in total. The van der Waals surface area contributed by atoms with Crippen LogP contribution in [0.2, 0.25) is 0 Å². The first-order valence-corrected chi connectivity index (χ1v) is 8.40. The fourth-order valence-corrected chi connectivity index (χ4v) is 3.11. The molecule has 1 aliphatic heterocycles. The van der Waals surface area contributed by atoms with E-state index in [1.54, 1.807) is 6.07 Å². The van der Waals surface area contributed by atoms with E-state index in [0.717, 1.165) is 22.2 Å². The number of rotatable bonds is 4. The van der Waals surface area contributed by atoms with Gasteiger partial charge in [-0.25, -0.2) is 0 Å². The lowest BCUT2D eigenvalue weighted by Gasteiger charge is -2.14. The highest BCUT2D eigenvalue weighted by molar-refractivity contribution is 9.10. The van der Waals surface area contributed by atoms with Crippen LogP contribution in [0, 0.1) is 0 Å². The fourth-order valence-electron chi connectivity index (χ4n) is 2.65. The van der Waals surface area contributed by atoms with Gasteiger partial charge in [-0.15, -0.1) is 0 Å². The number of hydrogen-bond acceptors (Lipinski definition) is 3. The number of amides is 1. The third-order valence-electron chi connectivity index (χ3n) is 3.66. The number of anilines is 1. The van der Waals surface area contributed by atoms with Gasteiger partial charge in [0.15, 0.2) is 0 Å². The quantitative estimate of drug-likeness (QED) is 0.859. The van der Waals surface area contributed by atoms with Gasteiger partial charge in [-0.3, -0.25) is 4.79 Å². The number of halogens is 1. The molecular weight excluding hydrogens is 358 g/mol. The Labute approximate surface area is 143 Å². The van der Waals surface area contributed by atoms with Crippen LogP contribution in [0.4, 0.5) is 5.69 Å². The van der Waals surface area contributed by atoms with E-state index < -0.39 is 0 Å². The first-order chi connectivity index (χ1) is 11.1. The predicted molar refractivity (Wildman–Crippen MR) is 93.5 cm³/mol. The molecule has 1 amide bonds. The van der Waals surface area contributed by atoms with E-state index in [0.29, 0.717) is 23.6 Å². The molecule has 0 fully saturated rings. The van der Waals surface area contributed by atoms with Crippen LogP contribution in [-0.4, -0.2) is 18.6 Å². The lowest BCUT2D eigenvalue weighted by Crippen LogP contribution is -2.13. The van der Waals surface area contributed by atoms with Gasteiger partial charge in [0.05, 0.1) is 17.9 Å². The van der Waals surface area contributed by atoms with Gasteiger partial charge in [-0.2, -0.15) is 0 Å². The zero-order chi connectivity index (χ0) is 16.4. The summed E-state index contributed by atoms with van der Waals surface area (Å²) in [5.41, 5.74) is 2.31. The normalized spacial score (nSPS) is 15.7. The van der Waals surface area contributed by atoms with E-state index in [2.05, 4.69) is 21.2 Å². The highest BCUT2D eigenvalue weighted by Gasteiger charge is 2.23. The number of nitrogens with one attached hydrogen (secondary N) is 1. The van der Waals surface area contributed by atoms with Gasteiger partial charge in [0.1, 0.15) is 17.6 Å². The Bertz CT molecular complexity index is 745. The van der Waals surface area contributed by atoms with Crippen molar-refractivity contribution in [2.24, 2.45) is 0 Å². The first-order valence-electron chi connectivity index (χ1n) is 7.60. The molecule has 0 aliphatic carbocycles. The smallest absolute Gasteiger partial charge is 0.256 e. The van der Waals surface area contributed by atoms with Crippen molar-refractivity contribution in [1.82, 2.24) is 0 Å². The van der Waals surface area contributed by atoms with E-state index in [-0.39, 0.29) is 12.0 Å². The Morgan fingerprint density at radius 3 is 2.91 bits per heavy atom. The number of carbonyl (C=O) groups is 1. The summed E-state index contributed by atoms with van der Waals surface area (Å²) in [5, 5.41) is 2.92. The van der Waals surface area contributed by atoms with Gasteiger partial charge in [0.25, 0.3) is 5.91 Å². The summed E-state index contributed by atoms with van der Waals surface area (Å²) >= 11 is 3.40. The molecule has 2 aromatic carbocycles. The maximum atomic E-state index is 12.5. The predicted octanol–water partition coefficient (Wildman–Crippen LogP) is 4.42. The van der Waals surface area contributed by atoms with Crippen LogP contribution in [0.15, 0.2) is 40.9 Å². The van der Waals surface area contributed by atoms with Crippen molar-refractivity contribution in [2.75, 3.05) is 11.9 Å². The molecule has 0 unspecified atom stereocenters. The van der Waals surface area contributed by atoms with Crippen molar-refractivity contribution < 1.29 is 14.3 Å². The van der Waals surface area contributed by atoms with Gasteiger partial charge in [-0.1, -0.05) is 12.1 Å². The molecule has 0 aromatic heterocycles. The molecule has 1 N–H and O–H groups in total. The second-order valence-electron chi connectivity index (χ2n) is 5.46. The van der Waals surface area contributed by atoms with Crippen LogP contribution < -0.4 is 14.8 Å². The molecule has 0 saturated carbocycles. The number of carbonyl (C=O) groups excluding carboxylic acids is 1. The minimum absolute atomic E-state index is 0.147. The number of ether oxygens (including phenoxy) is 2. The lowest BCUT2D eigenvalue weighted by atomic mass is 10.1. The second-order valence-corrected chi connectivity index (χ2v) is 6.31. The van der Waals surface area contributed by atoms with E-state index in [9.17, 15) is 4.79 Å². The molecule has 0 saturated heterocycles. The third-order valence-corrected chi connectivity index (χ3v) is 4.36. The Hall–Kier alpha value is -2.01. The average molecular weight is 376 g/mol. The molecule has 1 aliphatic rings. The Morgan fingerprint density at radius 2 is 2.17 bits per heavy atom. The Morgan fingerprint density at radius 1 is 1.39 bits per heavy atom. The van der Waals surface area contributed by atoms with E-state index in [1.807, 2.05) is 44.2 Å². The molecule has 5 heteroatoms. The van der Waals surface area contributed by atoms with Crippen LogP contribution in [-0.2, 0) is 6.42 Å². The maximum absolute atomic E-state index is 12.5. The highest BCUT2D eigenvalue weighted by atomic mass is 79.9.